The monoisotopic (exact) mass is 628 g/mol. The van der Waals surface area contributed by atoms with Crippen LogP contribution in [0, 0.1) is 17.8 Å². The van der Waals surface area contributed by atoms with Gasteiger partial charge in [0.2, 0.25) is 11.8 Å². The molecule has 9 heteroatoms. The smallest absolute Gasteiger partial charge is 0.253 e. The number of β-amino-alcohol motifs (C(OH)–C–C–N with tert-alkyl or cyclic N) is 1. The molecule has 6 atom stereocenters. The zero-order chi connectivity index (χ0) is 33.2. The van der Waals surface area contributed by atoms with E-state index in [0.717, 1.165) is 24.3 Å². The van der Waals surface area contributed by atoms with E-state index in [9.17, 15) is 19.5 Å². The van der Waals surface area contributed by atoms with Gasteiger partial charge in [0, 0.05) is 50.6 Å². The number of aliphatic hydroxyl groups is 1. The zero-order valence-corrected chi connectivity index (χ0v) is 27.6. The van der Waals surface area contributed by atoms with Gasteiger partial charge in [-0.15, -0.1) is 13.2 Å². The molecule has 246 valence electrons. The molecule has 0 radical (unpaired) electrons. The van der Waals surface area contributed by atoms with E-state index in [2.05, 4.69) is 31.9 Å². The zero-order valence-electron chi connectivity index (χ0n) is 27.6. The van der Waals surface area contributed by atoms with Gasteiger partial charge < -0.3 is 29.4 Å². The quantitative estimate of drug-likeness (QED) is 0.314. The molecule has 5 rings (SSSR count). The maximum atomic E-state index is 14.8. The Morgan fingerprint density at radius 1 is 1.00 bits per heavy atom. The average molecular weight is 629 g/mol. The standard InChI is InChI=1S/C37H48N4O5/c1-7-20-39(25-27-14-12-11-13-15-27)33(43)30-31-34(44)41(22-23-42)32(37(31)24-26(5)36(30,6)46-37)35(45)40(21-8-2)29-18-16-28(17-19-29)38(9-3)10-4/h7-8,11-19,26,30-32,42H,1-2,9-10,20-25H2,3-6H3/t26?,30-,31+,32?,36+,37?/m1/s1. The van der Waals surface area contributed by atoms with Gasteiger partial charge >= 0.3 is 0 Å². The van der Waals surface area contributed by atoms with Crippen LogP contribution in [0.3, 0.4) is 0 Å². The number of fused-ring (bicyclic) bond motifs is 1. The number of nitrogens with zero attached hydrogens (tertiary/aromatic N) is 4. The van der Waals surface area contributed by atoms with Crippen LogP contribution in [-0.4, -0.2) is 89.2 Å². The summed E-state index contributed by atoms with van der Waals surface area (Å²) in [6.45, 7) is 18.2. The van der Waals surface area contributed by atoms with Crippen molar-refractivity contribution in [2.45, 2.75) is 57.9 Å². The Bertz CT molecular complexity index is 1440. The second kappa shape index (κ2) is 13.4. The Morgan fingerprint density at radius 3 is 2.22 bits per heavy atom. The molecule has 3 aliphatic rings. The van der Waals surface area contributed by atoms with E-state index >= 15 is 0 Å². The van der Waals surface area contributed by atoms with Gasteiger partial charge in [-0.1, -0.05) is 49.4 Å². The summed E-state index contributed by atoms with van der Waals surface area (Å²) in [4.78, 5) is 50.8. The lowest BCUT2D eigenvalue weighted by molar-refractivity contribution is -0.152. The van der Waals surface area contributed by atoms with Gasteiger partial charge in [0.1, 0.15) is 11.6 Å². The lowest BCUT2D eigenvalue weighted by Crippen LogP contribution is -2.57. The maximum absolute atomic E-state index is 14.8. The molecule has 0 aromatic heterocycles. The first-order valence-electron chi connectivity index (χ1n) is 16.4. The van der Waals surface area contributed by atoms with Gasteiger partial charge in [0.25, 0.3) is 5.91 Å². The lowest BCUT2D eigenvalue weighted by Gasteiger charge is -2.39. The van der Waals surface area contributed by atoms with E-state index in [4.69, 9.17) is 4.74 Å². The van der Waals surface area contributed by atoms with Gasteiger partial charge in [-0.3, -0.25) is 14.4 Å². The minimum absolute atomic E-state index is 0.0356. The number of hydrogen-bond donors (Lipinski definition) is 1. The normalized spacial score (nSPS) is 27.8. The maximum Gasteiger partial charge on any atom is 0.253 e. The van der Waals surface area contributed by atoms with Crippen LogP contribution in [0.5, 0.6) is 0 Å². The first-order chi connectivity index (χ1) is 22.1. The van der Waals surface area contributed by atoms with Crippen LogP contribution in [0.15, 0.2) is 79.9 Å². The first kappa shape index (κ1) is 33.4. The summed E-state index contributed by atoms with van der Waals surface area (Å²) in [7, 11) is 0. The minimum atomic E-state index is -1.22. The third kappa shape index (κ3) is 5.43. The van der Waals surface area contributed by atoms with Crippen molar-refractivity contribution < 1.29 is 24.2 Å². The Kier molecular flexibility index (Phi) is 9.75. The fourth-order valence-corrected chi connectivity index (χ4v) is 8.16. The van der Waals surface area contributed by atoms with E-state index in [1.165, 1.54) is 4.90 Å². The fourth-order valence-electron chi connectivity index (χ4n) is 8.16. The molecule has 0 saturated carbocycles. The van der Waals surface area contributed by atoms with Crippen LogP contribution in [0.25, 0.3) is 0 Å². The van der Waals surface area contributed by atoms with Crippen LogP contribution >= 0.6 is 0 Å². The molecule has 3 fully saturated rings. The van der Waals surface area contributed by atoms with Crippen molar-refractivity contribution >= 4 is 29.1 Å². The van der Waals surface area contributed by atoms with Crippen LogP contribution in [0.4, 0.5) is 11.4 Å². The Morgan fingerprint density at radius 2 is 1.63 bits per heavy atom. The molecule has 3 amide bonds. The van der Waals surface area contributed by atoms with E-state index in [1.807, 2.05) is 68.4 Å². The average Bonchev–Trinajstić information content (AvgIpc) is 3.57. The second-order valence-corrected chi connectivity index (χ2v) is 12.9. The van der Waals surface area contributed by atoms with Crippen LogP contribution < -0.4 is 9.80 Å². The molecular formula is C37H48N4O5. The molecule has 3 aliphatic heterocycles. The molecule has 1 N–H and O–H groups in total. The Balaban J connectivity index is 1.54. The van der Waals surface area contributed by atoms with E-state index in [-0.39, 0.29) is 43.3 Å². The number of likely N-dealkylation sites (tertiary alicyclic amines) is 1. The van der Waals surface area contributed by atoms with E-state index < -0.39 is 29.1 Å². The molecule has 2 aromatic rings. The molecule has 1 spiro atoms. The summed E-state index contributed by atoms with van der Waals surface area (Å²) < 4.78 is 6.92. The number of aliphatic hydroxyl groups excluding tert-OH is 1. The predicted molar refractivity (Wildman–Crippen MR) is 180 cm³/mol. The van der Waals surface area contributed by atoms with Crippen LogP contribution in [0.1, 0.15) is 39.7 Å². The van der Waals surface area contributed by atoms with Crippen LogP contribution in [0.2, 0.25) is 0 Å². The van der Waals surface area contributed by atoms with Crippen molar-refractivity contribution in [1.29, 1.82) is 0 Å². The predicted octanol–water partition coefficient (Wildman–Crippen LogP) is 4.27. The third-order valence-electron chi connectivity index (χ3n) is 10.4. The van der Waals surface area contributed by atoms with E-state index in [1.54, 1.807) is 22.0 Å². The van der Waals surface area contributed by atoms with Crippen molar-refractivity contribution in [2.75, 3.05) is 49.1 Å². The number of amides is 3. The topological polar surface area (TPSA) is 93.6 Å². The molecule has 3 heterocycles. The number of ether oxygens (including phenoxy) is 1. The first-order valence-corrected chi connectivity index (χ1v) is 16.4. The number of carbonyl (C=O) groups is 3. The van der Waals surface area contributed by atoms with Crippen molar-refractivity contribution in [2.24, 2.45) is 17.8 Å². The number of hydrogen-bond acceptors (Lipinski definition) is 6. The number of rotatable bonds is 14. The largest absolute Gasteiger partial charge is 0.395 e. The van der Waals surface area contributed by atoms with Gasteiger partial charge in [0.05, 0.1) is 24.0 Å². The second-order valence-electron chi connectivity index (χ2n) is 12.9. The van der Waals surface area contributed by atoms with Crippen LogP contribution in [-0.2, 0) is 25.7 Å². The molecule has 2 bridgehead atoms. The summed E-state index contributed by atoms with van der Waals surface area (Å²) in [5.74, 6) is -2.58. The van der Waals surface area contributed by atoms with Crippen molar-refractivity contribution in [3.05, 3.63) is 85.5 Å². The van der Waals surface area contributed by atoms with Gasteiger partial charge in [-0.05, 0) is 62.9 Å². The summed E-state index contributed by atoms with van der Waals surface area (Å²) >= 11 is 0. The molecule has 46 heavy (non-hydrogen) atoms. The highest BCUT2D eigenvalue weighted by atomic mass is 16.5. The fraction of sp³-hybridized carbons (Fsp3) is 0.486. The van der Waals surface area contributed by atoms with E-state index in [0.29, 0.717) is 25.2 Å². The van der Waals surface area contributed by atoms with Crippen molar-refractivity contribution in [3.63, 3.8) is 0 Å². The number of anilines is 2. The minimum Gasteiger partial charge on any atom is -0.395 e. The Hall–Kier alpha value is -3.95. The lowest BCUT2D eigenvalue weighted by atomic mass is 9.62. The molecule has 2 aromatic carbocycles. The highest BCUT2D eigenvalue weighted by Crippen LogP contribution is 2.65. The summed E-state index contributed by atoms with van der Waals surface area (Å²) in [6.07, 6.45) is 3.80. The van der Waals surface area contributed by atoms with Gasteiger partial charge in [-0.25, -0.2) is 0 Å². The van der Waals surface area contributed by atoms with Gasteiger partial charge in [0.15, 0.2) is 0 Å². The number of carbonyl (C=O) groups excluding carboxylic acids is 3. The van der Waals surface area contributed by atoms with Crippen molar-refractivity contribution in [3.8, 4) is 0 Å². The number of benzene rings is 2. The molecule has 0 aliphatic carbocycles. The SMILES string of the molecule is C=CCN(Cc1ccccc1)C(=O)[C@H]1[C@H]2C(=O)N(CCO)C(C(=O)N(CC=C)c3ccc(N(CC)CC)cc3)C23CC(C)[C@]1(C)O3. The molecular weight excluding hydrogens is 580 g/mol. The van der Waals surface area contributed by atoms with Crippen molar-refractivity contribution in [1.82, 2.24) is 9.80 Å². The highest BCUT2D eigenvalue weighted by molar-refractivity contribution is 6.05. The highest BCUT2D eigenvalue weighted by Gasteiger charge is 2.80. The summed E-state index contributed by atoms with van der Waals surface area (Å²) in [6, 6.07) is 16.5. The summed E-state index contributed by atoms with van der Waals surface area (Å²) in [5, 5.41) is 10.1. The molecule has 3 saturated heterocycles. The molecule has 3 unspecified atom stereocenters. The third-order valence-corrected chi connectivity index (χ3v) is 10.4. The molecule has 9 nitrogen and oxygen atoms in total. The summed E-state index contributed by atoms with van der Waals surface area (Å²) in [5.41, 5.74) is 0.527. The van der Waals surface area contributed by atoms with Gasteiger partial charge in [-0.2, -0.15) is 0 Å². The Labute approximate surface area is 273 Å².